The van der Waals surface area contributed by atoms with Crippen molar-refractivity contribution < 1.29 is 14.4 Å². The van der Waals surface area contributed by atoms with Gasteiger partial charge in [0.05, 0.1) is 0 Å². The summed E-state index contributed by atoms with van der Waals surface area (Å²) in [6.07, 6.45) is 21.2. The van der Waals surface area contributed by atoms with E-state index in [-0.39, 0.29) is 29.8 Å². The standard InChI is InChI=1S/C40H80N6O3/c1-6-11-15-17-21-36(19-13-8-3)42-39(48)24-28-44(29-25-40(49)43-37(20-14-9-4)22-18-16-12-7-2)30-33-46-34-31-45(32-35-46)27-23-38(47)41-26-10-5/h36-37H,6-35H2,1-5H3,(H,41,47)(H,42,48)(H,43,49). The lowest BCUT2D eigenvalue weighted by Crippen LogP contribution is -2.49. The van der Waals surface area contributed by atoms with Crippen LogP contribution >= 0.6 is 0 Å². The van der Waals surface area contributed by atoms with Gasteiger partial charge in [-0.1, -0.05) is 112 Å². The first-order chi connectivity index (χ1) is 23.8. The molecule has 49 heavy (non-hydrogen) atoms. The highest BCUT2D eigenvalue weighted by Crippen LogP contribution is 2.13. The molecule has 2 atom stereocenters. The van der Waals surface area contributed by atoms with Gasteiger partial charge in [-0.2, -0.15) is 0 Å². The lowest BCUT2D eigenvalue weighted by Gasteiger charge is -2.35. The zero-order chi connectivity index (χ0) is 36.0. The molecule has 0 bridgehead atoms. The highest BCUT2D eigenvalue weighted by Gasteiger charge is 2.20. The monoisotopic (exact) mass is 693 g/mol. The van der Waals surface area contributed by atoms with E-state index in [2.05, 4.69) is 65.3 Å². The summed E-state index contributed by atoms with van der Waals surface area (Å²) in [6, 6.07) is 0.546. The molecule has 1 heterocycles. The molecule has 1 saturated heterocycles. The van der Waals surface area contributed by atoms with Crippen LogP contribution in [-0.2, 0) is 14.4 Å². The van der Waals surface area contributed by atoms with E-state index < -0.39 is 0 Å². The third kappa shape index (κ3) is 25.0. The van der Waals surface area contributed by atoms with Crippen LogP contribution in [0.25, 0.3) is 0 Å². The van der Waals surface area contributed by atoms with Gasteiger partial charge >= 0.3 is 0 Å². The van der Waals surface area contributed by atoms with Crippen molar-refractivity contribution >= 4 is 17.7 Å². The first-order valence-electron chi connectivity index (χ1n) is 20.9. The Morgan fingerprint density at radius 2 is 0.959 bits per heavy atom. The Balaban J connectivity index is 2.70. The lowest BCUT2D eigenvalue weighted by molar-refractivity contribution is -0.123. The number of rotatable bonds is 32. The molecule has 9 heteroatoms. The fourth-order valence-corrected chi connectivity index (χ4v) is 6.70. The average molecular weight is 693 g/mol. The smallest absolute Gasteiger partial charge is 0.221 e. The van der Waals surface area contributed by atoms with Crippen LogP contribution < -0.4 is 16.0 Å². The maximum atomic E-state index is 13.2. The molecule has 9 nitrogen and oxygen atoms in total. The molecule has 0 aromatic heterocycles. The van der Waals surface area contributed by atoms with E-state index in [1.54, 1.807) is 0 Å². The molecule has 1 aliphatic heterocycles. The molecular formula is C40H80N6O3. The molecule has 0 saturated carbocycles. The summed E-state index contributed by atoms with van der Waals surface area (Å²) in [5.74, 6) is 0.443. The summed E-state index contributed by atoms with van der Waals surface area (Å²) in [5, 5.41) is 9.73. The number of amides is 3. The van der Waals surface area contributed by atoms with Crippen molar-refractivity contribution in [3.63, 3.8) is 0 Å². The molecule has 3 N–H and O–H groups in total. The van der Waals surface area contributed by atoms with Crippen LogP contribution in [0.4, 0.5) is 0 Å². The number of hydrogen-bond donors (Lipinski definition) is 3. The number of unbranched alkanes of at least 4 members (excludes halogenated alkanes) is 8. The second kappa shape index (κ2) is 31.1. The number of hydrogen-bond acceptors (Lipinski definition) is 6. The van der Waals surface area contributed by atoms with Crippen molar-refractivity contribution in [1.29, 1.82) is 0 Å². The number of nitrogens with one attached hydrogen (secondary N) is 3. The van der Waals surface area contributed by atoms with E-state index in [4.69, 9.17) is 0 Å². The van der Waals surface area contributed by atoms with Gasteiger partial charge in [0.1, 0.15) is 0 Å². The zero-order valence-electron chi connectivity index (χ0n) is 32.9. The summed E-state index contributed by atoms with van der Waals surface area (Å²) >= 11 is 0. The highest BCUT2D eigenvalue weighted by atomic mass is 16.2. The fraction of sp³-hybridized carbons (Fsp3) is 0.925. The maximum absolute atomic E-state index is 13.2. The van der Waals surface area contributed by atoms with Crippen LogP contribution in [0.3, 0.4) is 0 Å². The van der Waals surface area contributed by atoms with Crippen molar-refractivity contribution in [2.75, 3.05) is 65.4 Å². The minimum atomic E-state index is 0.148. The number of carbonyl (C=O) groups is 3. The quantitative estimate of drug-likeness (QED) is 0.0665. The van der Waals surface area contributed by atoms with Crippen molar-refractivity contribution in [3.05, 3.63) is 0 Å². The molecule has 1 rings (SSSR count). The highest BCUT2D eigenvalue weighted by molar-refractivity contribution is 5.77. The molecule has 0 aliphatic carbocycles. The maximum Gasteiger partial charge on any atom is 0.221 e. The third-order valence-corrected chi connectivity index (χ3v) is 10.1. The van der Waals surface area contributed by atoms with E-state index in [0.29, 0.717) is 32.4 Å². The SMILES string of the molecule is CCCCCCC(CCCC)NC(=O)CCN(CCC(=O)NC(CCCC)CCCCCC)CCN1CCN(CCC(=O)NCCC)CC1. The Bertz CT molecular complexity index is 778. The van der Waals surface area contributed by atoms with E-state index in [0.717, 1.165) is 110 Å². The van der Waals surface area contributed by atoms with Gasteiger partial charge in [-0.05, 0) is 32.1 Å². The summed E-state index contributed by atoms with van der Waals surface area (Å²) in [6.45, 7) is 19.6. The molecule has 0 aromatic carbocycles. The topological polar surface area (TPSA) is 97.0 Å². The second-order valence-electron chi connectivity index (χ2n) is 14.6. The minimum absolute atomic E-state index is 0.148. The van der Waals surface area contributed by atoms with Crippen molar-refractivity contribution in [2.45, 2.75) is 175 Å². The van der Waals surface area contributed by atoms with Crippen LogP contribution in [0.1, 0.15) is 163 Å². The second-order valence-corrected chi connectivity index (χ2v) is 14.6. The van der Waals surface area contributed by atoms with Crippen LogP contribution in [0, 0.1) is 0 Å². The lowest BCUT2D eigenvalue weighted by atomic mass is 10.0. The predicted molar refractivity (Wildman–Crippen MR) is 207 cm³/mol. The third-order valence-electron chi connectivity index (χ3n) is 10.1. The van der Waals surface area contributed by atoms with Gasteiger partial charge in [0.2, 0.25) is 17.7 Å². The van der Waals surface area contributed by atoms with E-state index in [1.165, 1.54) is 51.4 Å². The van der Waals surface area contributed by atoms with Crippen LogP contribution in [0.15, 0.2) is 0 Å². The van der Waals surface area contributed by atoms with Crippen LogP contribution in [-0.4, -0.2) is 110 Å². The minimum Gasteiger partial charge on any atom is -0.356 e. The summed E-state index contributed by atoms with van der Waals surface area (Å²) < 4.78 is 0. The van der Waals surface area contributed by atoms with Crippen molar-refractivity contribution in [2.24, 2.45) is 0 Å². The Hall–Kier alpha value is -1.71. The molecular weight excluding hydrogens is 612 g/mol. The molecule has 1 fully saturated rings. The van der Waals surface area contributed by atoms with Gasteiger partial charge in [0, 0.05) is 96.8 Å². The van der Waals surface area contributed by atoms with E-state index in [1.807, 2.05) is 0 Å². The number of nitrogens with zero attached hydrogens (tertiary/aromatic N) is 3. The molecule has 3 amide bonds. The average Bonchev–Trinajstić information content (AvgIpc) is 3.11. The summed E-state index contributed by atoms with van der Waals surface area (Å²) in [4.78, 5) is 45.7. The van der Waals surface area contributed by atoms with Crippen LogP contribution in [0.2, 0.25) is 0 Å². The van der Waals surface area contributed by atoms with Crippen LogP contribution in [0.5, 0.6) is 0 Å². The number of carbonyl (C=O) groups excluding carboxylic acids is 3. The first-order valence-corrected chi connectivity index (χ1v) is 20.9. The number of piperazine rings is 1. The largest absolute Gasteiger partial charge is 0.356 e. The Morgan fingerprint density at radius 1 is 0.510 bits per heavy atom. The van der Waals surface area contributed by atoms with Crippen molar-refractivity contribution in [3.8, 4) is 0 Å². The molecule has 0 aromatic rings. The Morgan fingerprint density at radius 3 is 1.41 bits per heavy atom. The predicted octanol–water partition coefficient (Wildman–Crippen LogP) is 6.89. The van der Waals surface area contributed by atoms with E-state index >= 15 is 0 Å². The van der Waals surface area contributed by atoms with Gasteiger partial charge < -0.3 is 25.8 Å². The van der Waals surface area contributed by atoms with E-state index in [9.17, 15) is 14.4 Å². The molecule has 2 unspecified atom stereocenters. The summed E-state index contributed by atoms with van der Waals surface area (Å²) in [7, 11) is 0. The Labute approximate surface area is 302 Å². The molecule has 1 aliphatic rings. The molecule has 288 valence electrons. The Kier molecular flexibility index (Phi) is 28.7. The molecule has 0 radical (unpaired) electrons. The van der Waals surface area contributed by atoms with Gasteiger partial charge in [-0.25, -0.2) is 0 Å². The van der Waals surface area contributed by atoms with Gasteiger partial charge in [0.25, 0.3) is 0 Å². The molecule has 0 spiro atoms. The van der Waals surface area contributed by atoms with Gasteiger partial charge in [-0.15, -0.1) is 0 Å². The summed E-state index contributed by atoms with van der Waals surface area (Å²) in [5.41, 5.74) is 0. The van der Waals surface area contributed by atoms with Gasteiger partial charge in [0.15, 0.2) is 0 Å². The zero-order valence-corrected chi connectivity index (χ0v) is 32.9. The normalized spacial score (nSPS) is 15.3. The fourth-order valence-electron chi connectivity index (χ4n) is 6.70. The van der Waals surface area contributed by atoms with Gasteiger partial charge in [-0.3, -0.25) is 19.3 Å². The first kappa shape index (κ1) is 45.3. The van der Waals surface area contributed by atoms with Crippen molar-refractivity contribution in [1.82, 2.24) is 30.7 Å².